The smallest absolute Gasteiger partial charge is 0.236 e. The standard InChI is InChI=1S/C20H26N4O2/c1-24(11-8-17-5-3-2-4-6-17)20(26)16-22-15-19-13-18(7-9-23-19)14-21-10-12-25/h2-7,9,13-14,22,25H,8,10-12,15-16H2,1H3/b21-14+. The summed E-state index contributed by atoms with van der Waals surface area (Å²) in [4.78, 5) is 22.3. The SMILES string of the molecule is CN(CCc1ccccc1)C(=O)CNCc1cc(/C=N/CCO)ccn1. The number of carbonyl (C=O) groups is 1. The number of hydrogen-bond acceptors (Lipinski definition) is 5. The van der Waals surface area contributed by atoms with E-state index >= 15 is 0 Å². The minimum atomic E-state index is 0.0376. The number of amides is 1. The van der Waals surface area contributed by atoms with E-state index in [4.69, 9.17) is 5.11 Å². The normalized spacial score (nSPS) is 11.0. The molecule has 0 aliphatic rings. The zero-order valence-corrected chi connectivity index (χ0v) is 15.1. The van der Waals surface area contributed by atoms with Gasteiger partial charge in [0.1, 0.15) is 0 Å². The molecule has 6 heteroatoms. The third kappa shape index (κ3) is 7.13. The molecule has 2 rings (SSSR count). The quantitative estimate of drug-likeness (QED) is 0.630. The van der Waals surface area contributed by atoms with Gasteiger partial charge in [-0.25, -0.2) is 0 Å². The summed E-state index contributed by atoms with van der Waals surface area (Å²) in [6.07, 6.45) is 4.27. The van der Waals surface area contributed by atoms with Gasteiger partial charge >= 0.3 is 0 Å². The van der Waals surface area contributed by atoms with Crippen molar-refractivity contribution in [1.82, 2.24) is 15.2 Å². The molecule has 0 atom stereocenters. The van der Waals surface area contributed by atoms with Crippen LogP contribution in [0.15, 0.2) is 53.7 Å². The lowest BCUT2D eigenvalue weighted by Gasteiger charge is -2.17. The minimum absolute atomic E-state index is 0.0376. The molecule has 1 heterocycles. The van der Waals surface area contributed by atoms with Gasteiger partial charge in [0.05, 0.1) is 25.4 Å². The first kappa shape index (κ1) is 19.8. The minimum Gasteiger partial charge on any atom is -0.394 e. The molecule has 2 aromatic rings. The summed E-state index contributed by atoms with van der Waals surface area (Å²) in [6.45, 7) is 1.91. The van der Waals surface area contributed by atoms with Gasteiger partial charge in [0, 0.05) is 32.5 Å². The second-order valence-electron chi connectivity index (χ2n) is 5.99. The van der Waals surface area contributed by atoms with Crippen molar-refractivity contribution in [2.75, 3.05) is 33.3 Å². The van der Waals surface area contributed by atoms with Crippen LogP contribution in [0.2, 0.25) is 0 Å². The third-order valence-corrected chi connectivity index (χ3v) is 3.90. The summed E-state index contributed by atoms with van der Waals surface area (Å²) >= 11 is 0. The van der Waals surface area contributed by atoms with Gasteiger partial charge in [0.2, 0.25) is 5.91 Å². The fourth-order valence-electron chi connectivity index (χ4n) is 2.40. The largest absolute Gasteiger partial charge is 0.394 e. The Labute approximate surface area is 154 Å². The molecule has 1 aromatic carbocycles. The lowest BCUT2D eigenvalue weighted by atomic mass is 10.1. The molecular weight excluding hydrogens is 328 g/mol. The summed E-state index contributed by atoms with van der Waals surface area (Å²) in [7, 11) is 1.82. The number of benzene rings is 1. The first-order valence-corrected chi connectivity index (χ1v) is 8.73. The van der Waals surface area contributed by atoms with Crippen molar-refractivity contribution in [2.24, 2.45) is 4.99 Å². The second kappa shape index (κ2) is 11.1. The molecule has 0 spiro atoms. The van der Waals surface area contributed by atoms with Crippen LogP contribution in [0.25, 0.3) is 0 Å². The molecule has 0 fully saturated rings. The van der Waals surface area contributed by atoms with E-state index in [0.29, 0.717) is 19.6 Å². The number of aromatic nitrogens is 1. The number of likely N-dealkylation sites (N-methyl/N-ethyl adjacent to an activating group) is 1. The van der Waals surface area contributed by atoms with Crippen LogP contribution in [-0.2, 0) is 17.8 Å². The Morgan fingerprint density at radius 2 is 2.12 bits per heavy atom. The fraction of sp³-hybridized carbons (Fsp3) is 0.350. The first-order chi connectivity index (χ1) is 12.7. The molecule has 0 bridgehead atoms. The number of hydrogen-bond donors (Lipinski definition) is 2. The maximum absolute atomic E-state index is 12.2. The lowest BCUT2D eigenvalue weighted by molar-refractivity contribution is -0.128. The van der Waals surface area contributed by atoms with Crippen molar-refractivity contribution in [3.8, 4) is 0 Å². The van der Waals surface area contributed by atoms with Crippen LogP contribution in [0.5, 0.6) is 0 Å². The van der Waals surface area contributed by atoms with Crippen LogP contribution in [0.4, 0.5) is 0 Å². The molecule has 0 aliphatic heterocycles. The zero-order chi connectivity index (χ0) is 18.6. The van der Waals surface area contributed by atoms with E-state index < -0.39 is 0 Å². The molecule has 0 aliphatic carbocycles. The Bertz CT molecular complexity index is 704. The van der Waals surface area contributed by atoms with E-state index in [-0.39, 0.29) is 19.1 Å². The molecular formula is C20H26N4O2. The number of aliphatic hydroxyl groups excluding tert-OH is 1. The highest BCUT2D eigenvalue weighted by Gasteiger charge is 2.08. The highest BCUT2D eigenvalue weighted by atomic mass is 16.3. The molecule has 6 nitrogen and oxygen atoms in total. The Morgan fingerprint density at radius 3 is 2.88 bits per heavy atom. The van der Waals surface area contributed by atoms with Crippen LogP contribution < -0.4 is 5.32 Å². The van der Waals surface area contributed by atoms with Crippen molar-refractivity contribution < 1.29 is 9.90 Å². The summed E-state index contributed by atoms with van der Waals surface area (Å²) < 4.78 is 0. The van der Waals surface area contributed by atoms with Gasteiger partial charge in [-0.05, 0) is 29.7 Å². The van der Waals surface area contributed by atoms with Crippen molar-refractivity contribution >= 4 is 12.1 Å². The van der Waals surface area contributed by atoms with Gasteiger partial charge < -0.3 is 15.3 Å². The monoisotopic (exact) mass is 354 g/mol. The number of aliphatic imine (C=N–C) groups is 1. The van der Waals surface area contributed by atoms with Gasteiger partial charge in [-0.15, -0.1) is 0 Å². The molecule has 1 aromatic heterocycles. The van der Waals surface area contributed by atoms with E-state index in [1.165, 1.54) is 5.56 Å². The van der Waals surface area contributed by atoms with Crippen molar-refractivity contribution in [3.05, 3.63) is 65.5 Å². The lowest BCUT2D eigenvalue weighted by Crippen LogP contribution is -2.36. The fourth-order valence-corrected chi connectivity index (χ4v) is 2.40. The summed E-state index contributed by atoms with van der Waals surface area (Å²) in [5, 5.41) is 11.9. The predicted octanol–water partition coefficient (Wildman–Crippen LogP) is 1.28. The van der Waals surface area contributed by atoms with Crippen LogP contribution in [0.1, 0.15) is 16.8 Å². The van der Waals surface area contributed by atoms with Gasteiger partial charge in [-0.3, -0.25) is 14.8 Å². The summed E-state index contributed by atoms with van der Waals surface area (Å²) in [5.41, 5.74) is 3.00. The Morgan fingerprint density at radius 1 is 1.31 bits per heavy atom. The first-order valence-electron chi connectivity index (χ1n) is 8.73. The average molecular weight is 354 g/mol. The molecule has 138 valence electrons. The molecule has 2 N–H and O–H groups in total. The number of nitrogens with one attached hydrogen (secondary N) is 1. The van der Waals surface area contributed by atoms with Crippen LogP contribution in [0.3, 0.4) is 0 Å². The Kier molecular flexibility index (Phi) is 8.45. The predicted molar refractivity (Wildman–Crippen MR) is 103 cm³/mol. The molecule has 0 saturated heterocycles. The van der Waals surface area contributed by atoms with Gasteiger partial charge in [0.15, 0.2) is 0 Å². The number of aliphatic hydroxyl groups is 1. The van der Waals surface area contributed by atoms with Crippen LogP contribution in [0, 0.1) is 0 Å². The van der Waals surface area contributed by atoms with Gasteiger partial charge in [-0.2, -0.15) is 0 Å². The van der Waals surface area contributed by atoms with Crippen molar-refractivity contribution in [1.29, 1.82) is 0 Å². The molecule has 26 heavy (non-hydrogen) atoms. The van der Waals surface area contributed by atoms with Crippen LogP contribution >= 0.6 is 0 Å². The highest BCUT2D eigenvalue weighted by molar-refractivity contribution is 5.79. The van der Waals surface area contributed by atoms with Crippen LogP contribution in [-0.4, -0.2) is 60.4 Å². The van der Waals surface area contributed by atoms with E-state index in [0.717, 1.165) is 17.7 Å². The number of carbonyl (C=O) groups excluding carboxylic acids is 1. The molecule has 1 amide bonds. The number of rotatable bonds is 10. The molecule has 0 radical (unpaired) electrons. The van der Waals surface area contributed by atoms with E-state index in [9.17, 15) is 4.79 Å². The van der Waals surface area contributed by atoms with E-state index in [2.05, 4.69) is 27.4 Å². The highest BCUT2D eigenvalue weighted by Crippen LogP contribution is 2.01. The zero-order valence-electron chi connectivity index (χ0n) is 15.1. The Hall–Kier alpha value is -2.57. The number of nitrogens with zero attached hydrogens (tertiary/aromatic N) is 3. The van der Waals surface area contributed by atoms with Gasteiger partial charge in [-0.1, -0.05) is 30.3 Å². The molecule has 0 unspecified atom stereocenters. The van der Waals surface area contributed by atoms with Crippen molar-refractivity contribution in [3.63, 3.8) is 0 Å². The number of pyridine rings is 1. The average Bonchev–Trinajstić information content (AvgIpc) is 2.67. The third-order valence-electron chi connectivity index (χ3n) is 3.90. The topological polar surface area (TPSA) is 77.8 Å². The van der Waals surface area contributed by atoms with Crippen molar-refractivity contribution in [2.45, 2.75) is 13.0 Å². The second-order valence-corrected chi connectivity index (χ2v) is 5.99. The van der Waals surface area contributed by atoms with E-state index in [1.807, 2.05) is 37.4 Å². The maximum atomic E-state index is 12.2. The summed E-state index contributed by atoms with van der Waals surface area (Å²) in [6, 6.07) is 13.9. The molecule has 0 saturated carbocycles. The summed E-state index contributed by atoms with van der Waals surface area (Å²) in [5.74, 6) is 0.0570. The van der Waals surface area contributed by atoms with E-state index in [1.54, 1.807) is 17.3 Å². The maximum Gasteiger partial charge on any atom is 0.236 e. The van der Waals surface area contributed by atoms with Gasteiger partial charge in [0.25, 0.3) is 0 Å². The Balaban J connectivity index is 1.72.